The van der Waals surface area contributed by atoms with Crippen LogP contribution in [0.2, 0.25) is 0 Å². The van der Waals surface area contributed by atoms with Gasteiger partial charge in [-0.2, -0.15) is 0 Å². The number of nitrogens with zero attached hydrogens (tertiary/aromatic N) is 1. The summed E-state index contributed by atoms with van der Waals surface area (Å²) < 4.78 is 0. The molecule has 1 aliphatic rings. The summed E-state index contributed by atoms with van der Waals surface area (Å²) >= 11 is 0. The average molecular weight is 251 g/mol. The number of rotatable bonds is 1. The van der Waals surface area contributed by atoms with Crippen LogP contribution in [0.15, 0.2) is 54.6 Å². The van der Waals surface area contributed by atoms with Gasteiger partial charge in [0.1, 0.15) is 0 Å². The first-order valence-corrected chi connectivity index (χ1v) is 6.74. The molecule has 0 fully saturated rings. The molecule has 0 aromatic heterocycles. The molecular weight excluding hydrogens is 234 g/mol. The fraction of sp³-hybridized carbons (Fsp3) is 0.235. The minimum absolute atomic E-state index is 0.0975. The van der Waals surface area contributed by atoms with Crippen molar-refractivity contribution in [2.45, 2.75) is 25.8 Å². The highest BCUT2D eigenvalue weighted by atomic mass is 16.2. The molecule has 1 atom stereocenters. The maximum atomic E-state index is 12.7. The summed E-state index contributed by atoms with van der Waals surface area (Å²) in [6.07, 6.45) is 2.07. The number of hydrogen-bond donors (Lipinski definition) is 0. The van der Waals surface area contributed by atoms with E-state index in [0.717, 1.165) is 24.1 Å². The zero-order valence-corrected chi connectivity index (χ0v) is 11.0. The van der Waals surface area contributed by atoms with Crippen molar-refractivity contribution in [3.05, 3.63) is 65.7 Å². The Morgan fingerprint density at radius 2 is 1.74 bits per heavy atom. The van der Waals surface area contributed by atoms with E-state index in [1.807, 2.05) is 53.4 Å². The van der Waals surface area contributed by atoms with Gasteiger partial charge in [-0.15, -0.1) is 0 Å². The van der Waals surface area contributed by atoms with Gasteiger partial charge in [-0.25, -0.2) is 0 Å². The highest BCUT2D eigenvalue weighted by molar-refractivity contribution is 6.07. The van der Waals surface area contributed by atoms with Gasteiger partial charge in [0.2, 0.25) is 0 Å². The van der Waals surface area contributed by atoms with Gasteiger partial charge in [-0.05, 0) is 43.5 Å². The third-order valence-corrected chi connectivity index (χ3v) is 3.76. The third-order valence-electron chi connectivity index (χ3n) is 3.76. The van der Waals surface area contributed by atoms with Gasteiger partial charge in [-0.3, -0.25) is 4.79 Å². The van der Waals surface area contributed by atoms with Gasteiger partial charge in [0, 0.05) is 17.3 Å². The summed E-state index contributed by atoms with van der Waals surface area (Å²) in [5, 5.41) is 0. The summed E-state index contributed by atoms with van der Waals surface area (Å²) in [5.41, 5.74) is 3.09. The Morgan fingerprint density at radius 1 is 1.05 bits per heavy atom. The largest absolute Gasteiger partial charge is 0.305 e. The van der Waals surface area contributed by atoms with Crippen LogP contribution in [0.4, 0.5) is 5.69 Å². The fourth-order valence-electron chi connectivity index (χ4n) is 2.72. The van der Waals surface area contributed by atoms with Gasteiger partial charge >= 0.3 is 0 Å². The minimum atomic E-state index is 0.0975. The molecule has 0 N–H and O–H groups in total. The minimum Gasteiger partial charge on any atom is -0.305 e. The number of fused-ring (bicyclic) bond motifs is 1. The number of para-hydroxylation sites is 1. The van der Waals surface area contributed by atoms with E-state index in [4.69, 9.17) is 0 Å². The van der Waals surface area contributed by atoms with Crippen molar-refractivity contribution >= 4 is 11.6 Å². The molecule has 3 rings (SSSR count). The highest BCUT2D eigenvalue weighted by Crippen LogP contribution is 2.31. The molecule has 2 aromatic rings. The molecule has 2 aromatic carbocycles. The van der Waals surface area contributed by atoms with E-state index in [-0.39, 0.29) is 11.9 Å². The Labute approximate surface area is 113 Å². The topological polar surface area (TPSA) is 20.3 Å². The molecule has 2 heteroatoms. The fourth-order valence-corrected chi connectivity index (χ4v) is 2.72. The van der Waals surface area contributed by atoms with Crippen molar-refractivity contribution in [1.29, 1.82) is 0 Å². The van der Waals surface area contributed by atoms with Gasteiger partial charge in [-0.1, -0.05) is 36.4 Å². The summed E-state index contributed by atoms with van der Waals surface area (Å²) in [5.74, 6) is 0.0975. The van der Waals surface area contributed by atoms with Gasteiger partial charge < -0.3 is 4.90 Å². The smallest absolute Gasteiger partial charge is 0.258 e. The van der Waals surface area contributed by atoms with Crippen LogP contribution in [0.5, 0.6) is 0 Å². The van der Waals surface area contributed by atoms with Crippen LogP contribution < -0.4 is 4.90 Å². The lowest BCUT2D eigenvalue weighted by Crippen LogP contribution is -2.42. The normalized spacial score (nSPS) is 17.9. The quantitative estimate of drug-likeness (QED) is 0.757. The Balaban J connectivity index is 2.02. The van der Waals surface area contributed by atoms with Crippen LogP contribution in [-0.4, -0.2) is 11.9 Å². The van der Waals surface area contributed by atoms with Crippen molar-refractivity contribution in [3.63, 3.8) is 0 Å². The summed E-state index contributed by atoms with van der Waals surface area (Å²) in [6, 6.07) is 18.0. The van der Waals surface area contributed by atoms with E-state index < -0.39 is 0 Å². The van der Waals surface area contributed by atoms with E-state index >= 15 is 0 Å². The molecule has 1 unspecified atom stereocenters. The monoisotopic (exact) mass is 251 g/mol. The molecule has 1 amide bonds. The molecule has 0 aliphatic carbocycles. The Hall–Kier alpha value is -2.09. The van der Waals surface area contributed by atoms with Crippen LogP contribution in [0.25, 0.3) is 0 Å². The van der Waals surface area contributed by atoms with Crippen LogP contribution in [0, 0.1) is 0 Å². The Bertz CT molecular complexity index is 591. The zero-order valence-electron chi connectivity index (χ0n) is 11.0. The number of carbonyl (C=O) groups is 1. The molecular formula is C17H17NO. The number of anilines is 1. The van der Waals surface area contributed by atoms with Crippen LogP contribution in [0.3, 0.4) is 0 Å². The predicted molar refractivity (Wildman–Crippen MR) is 77.5 cm³/mol. The first-order valence-electron chi connectivity index (χ1n) is 6.74. The number of benzene rings is 2. The van der Waals surface area contributed by atoms with Gasteiger partial charge in [0.05, 0.1) is 0 Å². The molecule has 0 bridgehead atoms. The van der Waals surface area contributed by atoms with Crippen LogP contribution in [0.1, 0.15) is 29.3 Å². The lowest BCUT2D eigenvalue weighted by Gasteiger charge is -2.35. The van der Waals surface area contributed by atoms with Gasteiger partial charge in [0.25, 0.3) is 5.91 Å². The average Bonchev–Trinajstić information content (AvgIpc) is 2.47. The van der Waals surface area contributed by atoms with E-state index in [0.29, 0.717) is 0 Å². The van der Waals surface area contributed by atoms with Crippen LogP contribution >= 0.6 is 0 Å². The summed E-state index contributed by atoms with van der Waals surface area (Å²) in [4.78, 5) is 14.6. The second kappa shape index (κ2) is 4.88. The number of carbonyl (C=O) groups excluding carboxylic acids is 1. The van der Waals surface area contributed by atoms with E-state index in [2.05, 4.69) is 13.0 Å². The molecule has 0 spiro atoms. The standard InChI is InChI=1S/C17H17NO/c1-13-11-12-14-7-5-6-10-16(14)18(13)17(19)15-8-3-2-4-9-15/h2-10,13H,11-12H2,1H3. The highest BCUT2D eigenvalue weighted by Gasteiger charge is 2.28. The number of hydrogen-bond acceptors (Lipinski definition) is 1. The van der Waals surface area contributed by atoms with Crippen molar-refractivity contribution in [3.8, 4) is 0 Å². The molecule has 19 heavy (non-hydrogen) atoms. The Morgan fingerprint density at radius 3 is 2.53 bits per heavy atom. The van der Waals surface area contributed by atoms with Crippen molar-refractivity contribution < 1.29 is 4.79 Å². The number of amides is 1. The lowest BCUT2D eigenvalue weighted by molar-refractivity contribution is 0.0975. The first kappa shape index (κ1) is 12.0. The molecule has 0 radical (unpaired) electrons. The summed E-state index contributed by atoms with van der Waals surface area (Å²) in [7, 11) is 0. The van der Waals surface area contributed by atoms with E-state index in [9.17, 15) is 4.79 Å². The first-order chi connectivity index (χ1) is 9.27. The SMILES string of the molecule is CC1CCc2ccccc2N1C(=O)c1ccccc1. The van der Waals surface area contributed by atoms with Gasteiger partial charge in [0.15, 0.2) is 0 Å². The molecule has 0 saturated heterocycles. The number of aryl methyl sites for hydroxylation is 1. The van der Waals surface area contributed by atoms with E-state index in [1.165, 1.54) is 5.56 Å². The van der Waals surface area contributed by atoms with Crippen molar-refractivity contribution in [2.24, 2.45) is 0 Å². The van der Waals surface area contributed by atoms with Crippen LogP contribution in [-0.2, 0) is 6.42 Å². The molecule has 1 aliphatic heterocycles. The zero-order chi connectivity index (χ0) is 13.2. The lowest BCUT2D eigenvalue weighted by atomic mass is 9.96. The molecule has 0 saturated carbocycles. The van der Waals surface area contributed by atoms with Crippen molar-refractivity contribution in [1.82, 2.24) is 0 Å². The maximum Gasteiger partial charge on any atom is 0.258 e. The third kappa shape index (κ3) is 2.14. The van der Waals surface area contributed by atoms with Crippen molar-refractivity contribution in [2.75, 3.05) is 4.90 Å². The Kier molecular flexibility index (Phi) is 3.08. The predicted octanol–water partition coefficient (Wildman–Crippen LogP) is 3.67. The molecule has 1 heterocycles. The molecule has 2 nitrogen and oxygen atoms in total. The summed E-state index contributed by atoms with van der Waals surface area (Å²) in [6.45, 7) is 2.12. The molecule has 96 valence electrons. The second-order valence-electron chi connectivity index (χ2n) is 5.06. The van der Waals surface area contributed by atoms with E-state index in [1.54, 1.807) is 0 Å². The second-order valence-corrected chi connectivity index (χ2v) is 5.06. The maximum absolute atomic E-state index is 12.7.